The Morgan fingerprint density at radius 2 is 2.30 bits per heavy atom. The number of carboxylic acid groups (broad SMARTS) is 1. The molecule has 3 rings (SSSR count). The molecule has 6 nitrogen and oxygen atoms in total. The van der Waals surface area contributed by atoms with E-state index in [1.165, 1.54) is 11.8 Å². The van der Waals surface area contributed by atoms with Crippen molar-refractivity contribution in [1.82, 2.24) is 9.97 Å². The molecule has 2 heterocycles. The highest BCUT2D eigenvalue weighted by atomic mass is 16.4. The maximum absolute atomic E-state index is 10.9. The van der Waals surface area contributed by atoms with Gasteiger partial charge >= 0.3 is 5.97 Å². The first-order chi connectivity index (χ1) is 9.70. The van der Waals surface area contributed by atoms with Crippen LogP contribution in [-0.4, -0.2) is 34.1 Å². The van der Waals surface area contributed by atoms with Crippen LogP contribution in [0.5, 0.6) is 0 Å². The molecule has 1 aromatic carbocycles. The number of fused-ring (bicyclic) bond motifs is 1. The average molecular weight is 272 g/mol. The summed E-state index contributed by atoms with van der Waals surface area (Å²) in [5, 5.41) is 8.98. The summed E-state index contributed by atoms with van der Waals surface area (Å²) in [6.07, 6.45) is 2.17. The maximum atomic E-state index is 10.9. The maximum Gasteiger partial charge on any atom is 0.353 e. The molecule has 0 saturated heterocycles. The van der Waals surface area contributed by atoms with Gasteiger partial charge in [-0.1, -0.05) is 18.2 Å². The quantitative estimate of drug-likeness (QED) is 0.776. The van der Waals surface area contributed by atoms with Crippen molar-refractivity contribution < 1.29 is 9.90 Å². The molecule has 0 spiro atoms. The van der Waals surface area contributed by atoms with Crippen molar-refractivity contribution in [2.24, 2.45) is 5.73 Å². The zero-order valence-electron chi connectivity index (χ0n) is 10.9. The number of rotatable bonds is 4. The molecule has 4 N–H and O–H groups in total. The lowest BCUT2D eigenvalue weighted by Crippen LogP contribution is -2.31. The molecule has 0 radical (unpaired) electrons. The van der Waals surface area contributed by atoms with E-state index in [0.717, 1.165) is 12.1 Å². The second-order valence-electron chi connectivity index (χ2n) is 4.82. The van der Waals surface area contributed by atoms with Gasteiger partial charge in [0.05, 0.1) is 12.2 Å². The van der Waals surface area contributed by atoms with Gasteiger partial charge in [-0.2, -0.15) is 0 Å². The third-order valence-electron chi connectivity index (χ3n) is 3.60. The minimum absolute atomic E-state index is 0.0176. The van der Waals surface area contributed by atoms with E-state index in [-0.39, 0.29) is 11.7 Å². The number of carbonyl (C=O) groups is 1. The third kappa shape index (κ3) is 2.04. The minimum atomic E-state index is -0.996. The van der Waals surface area contributed by atoms with Crippen molar-refractivity contribution in [3.63, 3.8) is 0 Å². The first kappa shape index (κ1) is 12.7. The van der Waals surface area contributed by atoms with Crippen LogP contribution in [0.4, 0.5) is 5.69 Å². The molecule has 1 unspecified atom stereocenters. The van der Waals surface area contributed by atoms with Gasteiger partial charge in [-0.05, 0) is 11.6 Å². The summed E-state index contributed by atoms with van der Waals surface area (Å²) in [6.45, 7) is 1.25. The number of nitrogens with two attached hydrogens (primary N) is 1. The Hall–Kier alpha value is -2.34. The highest BCUT2D eigenvalue weighted by Crippen LogP contribution is 2.38. The fourth-order valence-electron chi connectivity index (χ4n) is 2.72. The average Bonchev–Trinajstić information content (AvgIpc) is 3.04. The zero-order chi connectivity index (χ0) is 14.1. The van der Waals surface area contributed by atoms with E-state index < -0.39 is 5.97 Å². The predicted octanol–water partition coefficient (Wildman–Crippen LogP) is 1.17. The van der Waals surface area contributed by atoms with E-state index in [2.05, 4.69) is 27.0 Å². The molecule has 0 amide bonds. The molecule has 1 aromatic heterocycles. The molecule has 20 heavy (non-hydrogen) atoms. The van der Waals surface area contributed by atoms with Gasteiger partial charge in [-0.25, -0.2) is 9.78 Å². The molecule has 0 bridgehead atoms. The Morgan fingerprint density at radius 1 is 1.50 bits per heavy atom. The van der Waals surface area contributed by atoms with E-state index in [1.807, 2.05) is 12.1 Å². The summed E-state index contributed by atoms with van der Waals surface area (Å²) < 4.78 is 0. The Morgan fingerprint density at radius 3 is 3.00 bits per heavy atom. The third-order valence-corrected chi connectivity index (χ3v) is 3.60. The summed E-state index contributed by atoms with van der Waals surface area (Å²) in [5.74, 6) is -0.323. The Balaban J connectivity index is 1.95. The molecule has 0 saturated carbocycles. The SMILES string of the molecule is NCCN1c2ccccc2CC1c1ncc(C(=O)O)[nH]1. The Labute approximate surface area is 116 Å². The van der Waals surface area contributed by atoms with Gasteiger partial charge < -0.3 is 20.7 Å². The number of H-pyrrole nitrogens is 1. The highest BCUT2D eigenvalue weighted by Gasteiger charge is 2.31. The van der Waals surface area contributed by atoms with Gasteiger partial charge in [-0.15, -0.1) is 0 Å². The van der Waals surface area contributed by atoms with Gasteiger partial charge in [0.25, 0.3) is 0 Å². The Kier molecular flexibility index (Phi) is 3.15. The second-order valence-corrected chi connectivity index (χ2v) is 4.82. The van der Waals surface area contributed by atoms with E-state index >= 15 is 0 Å². The number of hydrogen-bond acceptors (Lipinski definition) is 4. The molecule has 6 heteroatoms. The lowest BCUT2D eigenvalue weighted by atomic mass is 10.1. The van der Waals surface area contributed by atoms with Crippen molar-refractivity contribution >= 4 is 11.7 Å². The number of carboxylic acids is 1. The van der Waals surface area contributed by atoms with Crippen molar-refractivity contribution in [2.75, 3.05) is 18.0 Å². The molecule has 2 aromatic rings. The van der Waals surface area contributed by atoms with Crippen LogP contribution in [0.1, 0.15) is 27.9 Å². The number of anilines is 1. The van der Waals surface area contributed by atoms with Gasteiger partial charge in [0, 0.05) is 25.2 Å². The topological polar surface area (TPSA) is 95.2 Å². The summed E-state index contributed by atoms with van der Waals surface area (Å²) >= 11 is 0. The van der Waals surface area contributed by atoms with Crippen molar-refractivity contribution in [3.05, 3.63) is 47.5 Å². The smallest absolute Gasteiger partial charge is 0.353 e. The van der Waals surface area contributed by atoms with Crippen LogP contribution in [0, 0.1) is 0 Å². The van der Waals surface area contributed by atoms with Gasteiger partial charge in [0.1, 0.15) is 11.5 Å². The Bertz CT molecular complexity index is 638. The van der Waals surface area contributed by atoms with Crippen LogP contribution >= 0.6 is 0 Å². The summed E-state index contributed by atoms with van der Waals surface area (Å²) in [7, 11) is 0. The minimum Gasteiger partial charge on any atom is -0.477 e. The van der Waals surface area contributed by atoms with Crippen LogP contribution in [0.3, 0.4) is 0 Å². The molecule has 1 aliphatic heterocycles. The van der Waals surface area contributed by atoms with E-state index in [0.29, 0.717) is 18.9 Å². The molecule has 1 atom stereocenters. The lowest BCUT2D eigenvalue weighted by molar-refractivity contribution is 0.0691. The normalized spacial score (nSPS) is 17.2. The van der Waals surface area contributed by atoms with E-state index in [9.17, 15) is 4.79 Å². The van der Waals surface area contributed by atoms with Gasteiger partial charge in [0.15, 0.2) is 0 Å². The molecule has 0 aliphatic carbocycles. The number of aromatic amines is 1. The number of hydrogen-bond donors (Lipinski definition) is 3. The molecule has 1 aliphatic rings. The van der Waals surface area contributed by atoms with E-state index in [4.69, 9.17) is 10.8 Å². The highest BCUT2D eigenvalue weighted by molar-refractivity contribution is 5.85. The first-order valence-electron chi connectivity index (χ1n) is 6.53. The fraction of sp³-hybridized carbons (Fsp3) is 0.286. The van der Waals surface area contributed by atoms with Gasteiger partial charge in [0.2, 0.25) is 0 Å². The van der Waals surface area contributed by atoms with Crippen LogP contribution in [0.2, 0.25) is 0 Å². The van der Waals surface area contributed by atoms with Crippen molar-refractivity contribution in [1.29, 1.82) is 0 Å². The van der Waals surface area contributed by atoms with Gasteiger partial charge in [-0.3, -0.25) is 0 Å². The van der Waals surface area contributed by atoms with Crippen LogP contribution in [0.15, 0.2) is 30.5 Å². The number of benzene rings is 1. The van der Waals surface area contributed by atoms with Crippen LogP contribution in [0.25, 0.3) is 0 Å². The predicted molar refractivity (Wildman–Crippen MR) is 74.8 cm³/mol. The standard InChI is InChI=1S/C14H16N4O2/c15-5-6-18-11-4-2-1-3-9(11)7-12(18)13-16-8-10(17-13)14(19)20/h1-4,8,12H,5-7,15H2,(H,16,17)(H,19,20). The van der Waals surface area contributed by atoms with Crippen molar-refractivity contribution in [3.8, 4) is 0 Å². The van der Waals surface area contributed by atoms with Crippen LogP contribution in [-0.2, 0) is 6.42 Å². The molecular formula is C14H16N4O2. The lowest BCUT2D eigenvalue weighted by Gasteiger charge is -2.25. The number of nitrogens with zero attached hydrogens (tertiary/aromatic N) is 2. The molecule has 104 valence electrons. The van der Waals surface area contributed by atoms with E-state index in [1.54, 1.807) is 0 Å². The van der Waals surface area contributed by atoms with Crippen LogP contribution < -0.4 is 10.6 Å². The largest absolute Gasteiger partial charge is 0.477 e. The number of imidazole rings is 1. The van der Waals surface area contributed by atoms with Crippen molar-refractivity contribution in [2.45, 2.75) is 12.5 Å². The second kappa shape index (κ2) is 4.97. The summed E-state index contributed by atoms with van der Waals surface area (Å²) in [4.78, 5) is 20.2. The number of aromatic carboxylic acids is 1. The molecule has 0 fully saturated rings. The number of para-hydroxylation sites is 1. The molecular weight excluding hydrogens is 256 g/mol. The zero-order valence-corrected chi connectivity index (χ0v) is 10.9. The number of nitrogens with one attached hydrogen (secondary N) is 1. The summed E-state index contributed by atoms with van der Waals surface area (Å²) in [6, 6.07) is 8.16. The number of aromatic nitrogens is 2. The summed E-state index contributed by atoms with van der Waals surface area (Å²) in [5.41, 5.74) is 8.19. The first-order valence-corrected chi connectivity index (χ1v) is 6.53. The monoisotopic (exact) mass is 272 g/mol. The fourth-order valence-corrected chi connectivity index (χ4v) is 2.72.